The van der Waals surface area contributed by atoms with E-state index in [1.165, 1.54) is 38.8 Å². The molecule has 110 valence electrons. The lowest BCUT2D eigenvalue weighted by Crippen LogP contribution is -2.46. The summed E-state index contributed by atoms with van der Waals surface area (Å²) in [6, 6.07) is 1.20. The fourth-order valence-electron chi connectivity index (χ4n) is 2.84. The van der Waals surface area contributed by atoms with Crippen LogP contribution in [0.2, 0.25) is 0 Å². The summed E-state index contributed by atoms with van der Waals surface area (Å²) in [7, 11) is 0. The molecule has 1 saturated carbocycles. The summed E-state index contributed by atoms with van der Waals surface area (Å²) < 4.78 is 0. The number of amides is 1. The SMILES string of the molecule is CC(C)C(CNC(=O)CCNC1CC1)N1CCCC1. The van der Waals surface area contributed by atoms with Gasteiger partial charge in [-0.3, -0.25) is 9.69 Å². The molecular formula is C15H29N3O. The van der Waals surface area contributed by atoms with E-state index in [1.54, 1.807) is 0 Å². The molecule has 1 saturated heterocycles. The van der Waals surface area contributed by atoms with E-state index >= 15 is 0 Å². The molecule has 4 nitrogen and oxygen atoms in total. The lowest BCUT2D eigenvalue weighted by Gasteiger charge is -2.31. The molecule has 1 amide bonds. The average Bonchev–Trinajstić information content (AvgIpc) is 3.03. The van der Waals surface area contributed by atoms with Gasteiger partial charge in [-0.25, -0.2) is 0 Å². The molecule has 0 aromatic rings. The predicted molar refractivity (Wildman–Crippen MR) is 78.1 cm³/mol. The molecule has 1 heterocycles. The summed E-state index contributed by atoms with van der Waals surface area (Å²) in [5.74, 6) is 0.793. The first-order valence-corrected chi connectivity index (χ1v) is 7.91. The molecule has 1 aliphatic heterocycles. The Morgan fingerprint density at radius 1 is 1.26 bits per heavy atom. The average molecular weight is 267 g/mol. The van der Waals surface area contributed by atoms with Crippen LogP contribution in [0.5, 0.6) is 0 Å². The van der Waals surface area contributed by atoms with Crippen LogP contribution in [0.15, 0.2) is 0 Å². The summed E-state index contributed by atoms with van der Waals surface area (Å²) in [6.07, 6.45) is 5.80. The van der Waals surface area contributed by atoms with E-state index in [9.17, 15) is 4.79 Å². The normalized spacial score (nSPS) is 21.8. The fourth-order valence-corrected chi connectivity index (χ4v) is 2.84. The standard InChI is InChI=1S/C15H29N3O/c1-12(2)14(18-9-3-4-10-18)11-17-15(19)7-8-16-13-5-6-13/h12-14,16H,3-11H2,1-2H3,(H,17,19). The van der Waals surface area contributed by atoms with Gasteiger partial charge in [0.25, 0.3) is 0 Å². The lowest BCUT2D eigenvalue weighted by molar-refractivity contribution is -0.121. The van der Waals surface area contributed by atoms with Crippen LogP contribution in [-0.2, 0) is 4.79 Å². The minimum atomic E-state index is 0.193. The molecule has 19 heavy (non-hydrogen) atoms. The van der Waals surface area contributed by atoms with Gasteiger partial charge in [0.05, 0.1) is 0 Å². The van der Waals surface area contributed by atoms with Gasteiger partial charge in [-0.2, -0.15) is 0 Å². The van der Waals surface area contributed by atoms with Crippen molar-refractivity contribution in [2.45, 2.75) is 58.0 Å². The van der Waals surface area contributed by atoms with E-state index < -0.39 is 0 Å². The van der Waals surface area contributed by atoms with Gasteiger partial charge in [0.15, 0.2) is 0 Å². The Labute approximate surface area is 117 Å². The van der Waals surface area contributed by atoms with Gasteiger partial charge < -0.3 is 10.6 Å². The first kappa shape index (κ1) is 14.8. The van der Waals surface area contributed by atoms with Crippen LogP contribution in [-0.4, -0.2) is 49.1 Å². The maximum Gasteiger partial charge on any atom is 0.221 e. The molecule has 2 rings (SSSR count). The fraction of sp³-hybridized carbons (Fsp3) is 0.933. The molecule has 2 fully saturated rings. The Kier molecular flexibility index (Phi) is 5.64. The Morgan fingerprint density at radius 2 is 1.95 bits per heavy atom. The van der Waals surface area contributed by atoms with Gasteiger partial charge in [-0.05, 0) is 44.7 Å². The second-order valence-electron chi connectivity index (χ2n) is 6.34. The van der Waals surface area contributed by atoms with Crippen LogP contribution in [0, 0.1) is 5.92 Å². The van der Waals surface area contributed by atoms with Crippen molar-refractivity contribution in [2.24, 2.45) is 5.92 Å². The number of likely N-dealkylation sites (tertiary alicyclic amines) is 1. The highest BCUT2D eigenvalue weighted by Crippen LogP contribution is 2.18. The third-order valence-corrected chi connectivity index (χ3v) is 4.25. The van der Waals surface area contributed by atoms with E-state index in [4.69, 9.17) is 0 Å². The molecule has 1 unspecified atom stereocenters. The molecule has 2 N–H and O–H groups in total. The van der Waals surface area contributed by atoms with Gasteiger partial charge in [0.1, 0.15) is 0 Å². The second-order valence-corrected chi connectivity index (χ2v) is 6.34. The molecule has 1 atom stereocenters. The van der Waals surface area contributed by atoms with Crippen LogP contribution in [0.3, 0.4) is 0 Å². The quantitative estimate of drug-likeness (QED) is 0.698. The highest BCUT2D eigenvalue weighted by Gasteiger charge is 2.25. The highest BCUT2D eigenvalue weighted by atomic mass is 16.1. The van der Waals surface area contributed by atoms with Crippen molar-refractivity contribution in [1.82, 2.24) is 15.5 Å². The predicted octanol–water partition coefficient (Wildman–Crippen LogP) is 1.37. The summed E-state index contributed by atoms with van der Waals surface area (Å²) in [6.45, 7) is 8.53. The third-order valence-electron chi connectivity index (χ3n) is 4.25. The first-order valence-electron chi connectivity index (χ1n) is 7.91. The molecule has 0 radical (unpaired) electrons. The topological polar surface area (TPSA) is 44.4 Å². The monoisotopic (exact) mass is 267 g/mol. The molecular weight excluding hydrogens is 238 g/mol. The smallest absolute Gasteiger partial charge is 0.221 e. The molecule has 0 aromatic heterocycles. The summed E-state index contributed by atoms with van der Waals surface area (Å²) in [4.78, 5) is 14.4. The number of hydrogen-bond donors (Lipinski definition) is 2. The number of nitrogens with zero attached hydrogens (tertiary/aromatic N) is 1. The molecule has 2 aliphatic rings. The van der Waals surface area contributed by atoms with Gasteiger partial charge in [0.2, 0.25) is 5.91 Å². The van der Waals surface area contributed by atoms with Crippen molar-refractivity contribution in [3.8, 4) is 0 Å². The zero-order chi connectivity index (χ0) is 13.7. The van der Waals surface area contributed by atoms with Gasteiger partial charge in [0, 0.05) is 31.6 Å². The van der Waals surface area contributed by atoms with Gasteiger partial charge in [-0.1, -0.05) is 13.8 Å². The summed E-state index contributed by atoms with van der Waals surface area (Å²) in [5.41, 5.74) is 0. The van der Waals surface area contributed by atoms with Crippen molar-refractivity contribution in [1.29, 1.82) is 0 Å². The number of carbonyl (C=O) groups is 1. The first-order chi connectivity index (χ1) is 9.16. The van der Waals surface area contributed by atoms with Gasteiger partial charge in [-0.15, -0.1) is 0 Å². The van der Waals surface area contributed by atoms with E-state index in [0.717, 1.165) is 13.1 Å². The largest absolute Gasteiger partial charge is 0.354 e. The number of rotatable bonds is 8. The van der Waals surface area contributed by atoms with E-state index in [0.29, 0.717) is 24.4 Å². The number of carbonyl (C=O) groups excluding carboxylic acids is 1. The third kappa shape index (κ3) is 5.11. The lowest BCUT2D eigenvalue weighted by atomic mass is 10.0. The summed E-state index contributed by atoms with van der Waals surface area (Å²) in [5, 5.41) is 6.50. The summed E-state index contributed by atoms with van der Waals surface area (Å²) >= 11 is 0. The Morgan fingerprint density at radius 3 is 2.53 bits per heavy atom. The van der Waals surface area contributed by atoms with Crippen molar-refractivity contribution >= 4 is 5.91 Å². The minimum absolute atomic E-state index is 0.193. The van der Waals surface area contributed by atoms with E-state index in [-0.39, 0.29) is 5.91 Å². The molecule has 0 bridgehead atoms. The molecule has 0 spiro atoms. The van der Waals surface area contributed by atoms with Crippen LogP contribution >= 0.6 is 0 Å². The maximum absolute atomic E-state index is 11.8. The zero-order valence-electron chi connectivity index (χ0n) is 12.5. The van der Waals surface area contributed by atoms with E-state index in [1.807, 2.05) is 0 Å². The molecule has 1 aliphatic carbocycles. The Balaban J connectivity index is 1.63. The number of nitrogens with one attached hydrogen (secondary N) is 2. The Hall–Kier alpha value is -0.610. The van der Waals surface area contributed by atoms with Crippen molar-refractivity contribution < 1.29 is 4.79 Å². The highest BCUT2D eigenvalue weighted by molar-refractivity contribution is 5.76. The van der Waals surface area contributed by atoms with Crippen LogP contribution in [0.25, 0.3) is 0 Å². The zero-order valence-corrected chi connectivity index (χ0v) is 12.5. The van der Waals surface area contributed by atoms with Crippen LogP contribution in [0.1, 0.15) is 46.0 Å². The second kappa shape index (κ2) is 7.25. The Bertz CT molecular complexity index is 283. The minimum Gasteiger partial charge on any atom is -0.354 e. The van der Waals surface area contributed by atoms with Gasteiger partial charge >= 0.3 is 0 Å². The van der Waals surface area contributed by atoms with Crippen molar-refractivity contribution in [3.63, 3.8) is 0 Å². The molecule has 4 heteroatoms. The molecule has 0 aromatic carbocycles. The van der Waals surface area contributed by atoms with E-state index in [2.05, 4.69) is 29.4 Å². The number of hydrogen-bond acceptors (Lipinski definition) is 3. The van der Waals surface area contributed by atoms with Crippen molar-refractivity contribution in [2.75, 3.05) is 26.2 Å². The van der Waals surface area contributed by atoms with Crippen LogP contribution < -0.4 is 10.6 Å². The van der Waals surface area contributed by atoms with Crippen molar-refractivity contribution in [3.05, 3.63) is 0 Å². The van der Waals surface area contributed by atoms with Crippen LogP contribution in [0.4, 0.5) is 0 Å². The maximum atomic E-state index is 11.8.